The van der Waals surface area contributed by atoms with Crippen molar-refractivity contribution in [1.82, 2.24) is 10.3 Å². The minimum Gasteiger partial charge on any atom is -0.384 e. The lowest BCUT2D eigenvalue weighted by Gasteiger charge is -2.32. The predicted molar refractivity (Wildman–Crippen MR) is 72.7 cm³/mol. The summed E-state index contributed by atoms with van der Waals surface area (Å²) in [5.74, 6) is -0.578. The summed E-state index contributed by atoms with van der Waals surface area (Å²) in [7, 11) is 0. The fourth-order valence-corrected chi connectivity index (χ4v) is 2.37. The third kappa shape index (κ3) is 1.56. The highest BCUT2D eigenvalue weighted by atomic mass is 15.3. The number of nitrogens with one attached hydrogen (secondary N) is 2. The van der Waals surface area contributed by atoms with Gasteiger partial charge in [0, 0.05) is 28.4 Å². The maximum Gasteiger partial charge on any atom is 0.211 e. The largest absolute Gasteiger partial charge is 0.384 e. The third-order valence-corrected chi connectivity index (χ3v) is 3.06. The molecule has 0 amide bonds. The number of fused-ring (bicyclic) bond motifs is 1. The number of hydrogen-bond donors (Lipinski definition) is 4. The van der Waals surface area contributed by atoms with Crippen LogP contribution in [0, 0.1) is 0 Å². The molecule has 1 atom stereocenters. The fraction of sp³-hybridized carbons (Fsp3) is 0.154. The van der Waals surface area contributed by atoms with Gasteiger partial charge in [-0.2, -0.15) is 0 Å². The number of nitrogens with two attached hydrogens (primary N) is 2. The molecule has 1 unspecified atom stereocenters. The molecule has 1 aliphatic rings. The van der Waals surface area contributed by atoms with Crippen LogP contribution in [0.3, 0.4) is 0 Å². The fourth-order valence-electron chi connectivity index (χ4n) is 2.37. The minimum atomic E-state index is -1.01. The van der Waals surface area contributed by atoms with Gasteiger partial charge in [-0.05, 0) is 25.1 Å². The first-order valence-electron chi connectivity index (χ1n) is 5.76. The van der Waals surface area contributed by atoms with Crippen molar-refractivity contribution in [2.24, 2.45) is 16.5 Å². The first-order valence-corrected chi connectivity index (χ1v) is 5.76. The van der Waals surface area contributed by atoms with Gasteiger partial charge in [0.25, 0.3) is 0 Å². The smallest absolute Gasteiger partial charge is 0.211 e. The van der Waals surface area contributed by atoms with Gasteiger partial charge in [0.2, 0.25) is 5.79 Å². The first kappa shape index (κ1) is 10.9. The summed E-state index contributed by atoms with van der Waals surface area (Å²) in [6, 6.07) is 7.89. The number of nitrogens with zero attached hydrogens (tertiary/aromatic N) is 1. The number of aromatic amines is 1. The van der Waals surface area contributed by atoms with Gasteiger partial charge in [-0.3, -0.25) is 5.73 Å². The van der Waals surface area contributed by atoms with Crippen LogP contribution in [-0.4, -0.2) is 10.8 Å². The molecule has 5 heteroatoms. The van der Waals surface area contributed by atoms with Crippen molar-refractivity contribution in [3.63, 3.8) is 0 Å². The van der Waals surface area contributed by atoms with E-state index >= 15 is 0 Å². The minimum absolute atomic E-state index is 0.432. The third-order valence-electron chi connectivity index (χ3n) is 3.06. The van der Waals surface area contributed by atoms with Crippen LogP contribution in [0.25, 0.3) is 10.9 Å². The Morgan fingerprint density at radius 3 is 2.89 bits per heavy atom. The molecule has 6 N–H and O–H groups in total. The van der Waals surface area contributed by atoms with Crippen LogP contribution in [0.4, 0.5) is 0 Å². The SMILES string of the molecule is CC1=CC(N)=NC(N)(c2cccc3[nH]ccc23)N1. The summed E-state index contributed by atoms with van der Waals surface area (Å²) in [5.41, 5.74) is 15.0. The highest BCUT2D eigenvalue weighted by Crippen LogP contribution is 2.28. The van der Waals surface area contributed by atoms with Gasteiger partial charge in [-0.15, -0.1) is 0 Å². The number of amidine groups is 1. The monoisotopic (exact) mass is 241 g/mol. The maximum atomic E-state index is 6.35. The van der Waals surface area contributed by atoms with E-state index in [9.17, 15) is 0 Å². The number of aliphatic imine (C=N–C) groups is 1. The Morgan fingerprint density at radius 1 is 1.28 bits per heavy atom. The Hall–Kier alpha value is -2.27. The second-order valence-corrected chi connectivity index (χ2v) is 4.50. The van der Waals surface area contributed by atoms with Gasteiger partial charge in [0.05, 0.1) is 0 Å². The standard InChI is InChI=1S/C13H15N5/c1-8-7-12(14)18-13(15,17-8)10-3-2-4-11-9(10)5-6-16-11/h2-7,16-17H,15H2,1H3,(H2,14,18). The average molecular weight is 241 g/mol. The number of allylic oxidation sites excluding steroid dienone is 1. The van der Waals surface area contributed by atoms with Gasteiger partial charge in [-0.25, -0.2) is 4.99 Å². The van der Waals surface area contributed by atoms with E-state index in [2.05, 4.69) is 15.3 Å². The molecule has 18 heavy (non-hydrogen) atoms. The molecule has 1 aliphatic heterocycles. The lowest BCUT2D eigenvalue weighted by Crippen LogP contribution is -2.51. The summed E-state index contributed by atoms with van der Waals surface area (Å²) in [4.78, 5) is 7.50. The Balaban J connectivity index is 2.20. The van der Waals surface area contributed by atoms with Gasteiger partial charge >= 0.3 is 0 Å². The molecule has 0 aliphatic carbocycles. The quantitative estimate of drug-likeness (QED) is 0.602. The highest BCUT2D eigenvalue weighted by Gasteiger charge is 2.30. The lowest BCUT2D eigenvalue weighted by molar-refractivity contribution is 0.398. The number of rotatable bonds is 1. The summed E-state index contributed by atoms with van der Waals surface area (Å²) < 4.78 is 0. The molecule has 92 valence electrons. The zero-order valence-corrected chi connectivity index (χ0v) is 10.1. The molecule has 1 aromatic heterocycles. The van der Waals surface area contributed by atoms with E-state index in [1.807, 2.05) is 37.4 Å². The van der Waals surface area contributed by atoms with E-state index < -0.39 is 5.79 Å². The highest BCUT2D eigenvalue weighted by molar-refractivity contribution is 5.93. The predicted octanol–water partition coefficient (Wildman–Crippen LogP) is 1.10. The zero-order chi connectivity index (χ0) is 12.8. The van der Waals surface area contributed by atoms with Crippen LogP contribution >= 0.6 is 0 Å². The molecule has 0 saturated heterocycles. The van der Waals surface area contributed by atoms with E-state index in [4.69, 9.17) is 11.5 Å². The number of benzene rings is 1. The van der Waals surface area contributed by atoms with Crippen LogP contribution in [0.1, 0.15) is 12.5 Å². The molecule has 2 heterocycles. The molecular formula is C13H15N5. The van der Waals surface area contributed by atoms with Crippen LogP contribution in [0.2, 0.25) is 0 Å². The summed E-state index contributed by atoms with van der Waals surface area (Å²) in [6.07, 6.45) is 3.65. The topological polar surface area (TPSA) is 92.2 Å². The second kappa shape index (κ2) is 3.61. The molecule has 0 saturated carbocycles. The average Bonchev–Trinajstić information content (AvgIpc) is 2.74. The van der Waals surface area contributed by atoms with Crippen molar-refractivity contribution < 1.29 is 0 Å². The summed E-state index contributed by atoms with van der Waals surface area (Å²) in [6.45, 7) is 1.92. The van der Waals surface area contributed by atoms with Crippen molar-refractivity contribution in [2.45, 2.75) is 12.7 Å². The van der Waals surface area contributed by atoms with Crippen molar-refractivity contribution >= 4 is 16.7 Å². The Bertz CT molecular complexity index is 667. The Morgan fingerprint density at radius 2 is 2.11 bits per heavy atom. The van der Waals surface area contributed by atoms with Crippen molar-refractivity contribution in [3.8, 4) is 0 Å². The van der Waals surface area contributed by atoms with E-state index in [0.717, 1.165) is 22.2 Å². The normalized spacial score (nSPS) is 23.4. The summed E-state index contributed by atoms with van der Waals surface area (Å²) >= 11 is 0. The second-order valence-electron chi connectivity index (χ2n) is 4.50. The Kier molecular flexibility index (Phi) is 2.18. The molecule has 0 bridgehead atoms. The van der Waals surface area contributed by atoms with Crippen molar-refractivity contribution in [3.05, 3.63) is 47.8 Å². The van der Waals surface area contributed by atoms with Crippen LogP contribution < -0.4 is 16.8 Å². The lowest BCUT2D eigenvalue weighted by atomic mass is 10.0. The molecular weight excluding hydrogens is 226 g/mol. The molecule has 0 radical (unpaired) electrons. The van der Waals surface area contributed by atoms with Crippen molar-refractivity contribution in [2.75, 3.05) is 0 Å². The van der Waals surface area contributed by atoms with Crippen LogP contribution in [0.15, 0.2) is 47.2 Å². The van der Waals surface area contributed by atoms with E-state index in [1.165, 1.54) is 0 Å². The van der Waals surface area contributed by atoms with Crippen molar-refractivity contribution in [1.29, 1.82) is 0 Å². The van der Waals surface area contributed by atoms with Gasteiger partial charge in [-0.1, -0.05) is 12.1 Å². The molecule has 5 nitrogen and oxygen atoms in total. The molecule has 0 fully saturated rings. The maximum absolute atomic E-state index is 6.35. The van der Waals surface area contributed by atoms with Gasteiger partial charge < -0.3 is 16.0 Å². The Labute approximate surface area is 105 Å². The molecule has 3 rings (SSSR count). The number of H-pyrrole nitrogens is 1. The van der Waals surface area contributed by atoms with E-state index in [0.29, 0.717) is 5.84 Å². The van der Waals surface area contributed by atoms with E-state index in [-0.39, 0.29) is 0 Å². The molecule has 2 aromatic rings. The van der Waals surface area contributed by atoms with Crippen LogP contribution in [-0.2, 0) is 5.79 Å². The van der Waals surface area contributed by atoms with Crippen LogP contribution in [0.5, 0.6) is 0 Å². The number of aromatic nitrogens is 1. The summed E-state index contributed by atoms with van der Waals surface area (Å²) in [5, 5.41) is 4.22. The first-order chi connectivity index (χ1) is 8.58. The van der Waals surface area contributed by atoms with E-state index in [1.54, 1.807) is 6.08 Å². The number of hydrogen-bond acceptors (Lipinski definition) is 4. The van der Waals surface area contributed by atoms with Gasteiger partial charge in [0.15, 0.2) is 0 Å². The molecule has 1 aromatic carbocycles. The zero-order valence-electron chi connectivity index (χ0n) is 10.1. The van der Waals surface area contributed by atoms with Gasteiger partial charge in [0.1, 0.15) is 5.84 Å². The molecule has 0 spiro atoms.